The van der Waals surface area contributed by atoms with E-state index >= 15 is 0 Å². The lowest BCUT2D eigenvalue weighted by Crippen LogP contribution is -2.45. The van der Waals surface area contributed by atoms with Crippen LogP contribution in [-0.2, 0) is 14.4 Å². The third kappa shape index (κ3) is 4.39. The van der Waals surface area contributed by atoms with Crippen molar-refractivity contribution in [1.29, 1.82) is 0 Å². The van der Waals surface area contributed by atoms with Crippen LogP contribution in [0.5, 0.6) is 0 Å². The van der Waals surface area contributed by atoms with Crippen LogP contribution in [0.2, 0.25) is 0 Å². The minimum absolute atomic E-state index is 0.0662. The molecule has 1 aliphatic heterocycles. The van der Waals surface area contributed by atoms with Gasteiger partial charge in [-0.15, -0.1) is 0 Å². The number of benzene rings is 1. The molecule has 1 saturated heterocycles. The number of rotatable bonds is 7. The van der Waals surface area contributed by atoms with Gasteiger partial charge in [-0.25, -0.2) is 4.79 Å². The predicted molar refractivity (Wildman–Crippen MR) is 109 cm³/mol. The van der Waals surface area contributed by atoms with Crippen LogP contribution >= 0.6 is 24.0 Å². The number of carboxylic acid groups (broad SMARTS) is 2. The molecule has 1 aromatic carbocycles. The topological polar surface area (TPSA) is 151 Å². The third-order valence-electron chi connectivity index (χ3n) is 4.05. The Bertz CT molecular complexity index is 1090. The van der Waals surface area contributed by atoms with Gasteiger partial charge in [0.2, 0.25) is 0 Å². The fraction of sp³-hybridized carbons (Fsp3) is 0.111. The molecule has 0 bridgehead atoms. The number of hydrogen-bond acceptors (Lipinski definition) is 8. The molecule has 30 heavy (non-hydrogen) atoms. The number of carbonyl (C=O) groups excluding carboxylic acids is 1. The molecule has 0 aliphatic carbocycles. The second kappa shape index (κ2) is 8.47. The monoisotopic (exact) mass is 448 g/mol. The number of hydrogen-bond donors (Lipinski definition) is 2. The van der Waals surface area contributed by atoms with Crippen LogP contribution in [-0.4, -0.2) is 48.2 Å². The second-order valence-corrected chi connectivity index (χ2v) is 7.69. The standard InChI is InChI=1S/C18H12N2O8S2/c21-15(22)8-12(17(24)25)19-16(23)14(30-18(19)29)7-11-5-6-13(28-11)9-1-3-10(4-2-9)20(26)27/h1-7,12H,8H2,(H,21,22)(H,24,25)/b14-7+/t12-/m0/s1. The van der Waals surface area contributed by atoms with Gasteiger partial charge in [-0.3, -0.25) is 24.6 Å². The minimum Gasteiger partial charge on any atom is -0.481 e. The Morgan fingerprint density at radius 1 is 1.23 bits per heavy atom. The Morgan fingerprint density at radius 2 is 1.90 bits per heavy atom. The average molecular weight is 448 g/mol. The van der Waals surface area contributed by atoms with E-state index in [1.165, 1.54) is 30.3 Å². The molecule has 2 aromatic rings. The van der Waals surface area contributed by atoms with Crippen LogP contribution in [0.15, 0.2) is 45.7 Å². The van der Waals surface area contributed by atoms with Gasteiger partial charge in [-0.2, -0.15) is 0 Å². The van der Waals surface area contributed by atoms with Gasteiger partial charge in [0.05, 0.1) is 16.2 Å². The molecule has 0 spiro atoms. The van der Waals surface area contributed by atoms with Crippen molar-refractivity contribution in [2.24, 2.45) is 0 Å². The van der Waals surface area contributed by atoms with Crippen molar-refractivity contribution in [3.63, 3.8) is 0 Å². The van der Waals surface area contributed by atoms with Gasteiger partial charge in [0.15, 0.2) is 0 Å². The lowest BCUT2D eigenvalue weighted by atomic mass is 10.1. The van der Waals surface area contributed by atoms with E-state index in [2.05, 4.69) is 0 Å². The number of thioether (sulfide) groups is 1. The summed E-state index contributed by atoms with van der Waals surface area (Å²) in [7, 11) is 0. The quantitative estimate of drug-likeness (QED) is 0.280. The number of furan rings is 1. The lowest BCUT2D eigenvalue weighted by Gasteiger charge is -2.21. The zero-order chi connectivity index (χ0) is 22.0. The van der Waals surface area contributed by atoms with Gasteiger partial charge in [-0.1, -0.05) is 24.0 Å². The van der Waals surface area contributed by atoms with Crippen LogP contribution < -0.4 is 0 Å². The number of nitrogens with zero attached hydrogens (tertiary/aromatic N) is 2. The van der Waals surface area contributed by atoms with E-state index in [0.29, 0.717) is 11.3 Å². The summed E-state index contributed by atoms with van der Waals surface area (Å²) in [4.78, 5) is 46.0. The SMILES string of the molecule is O=C(O)C[C@@H](C(=O)O)N1C(=O)/C(=C\c2ccc(-c3ccc([N+](=O)[O-])cc3)o2)SC1=S. The molecule has 1 fully saturated rings. The molecule has 3 rings (SSSR count). The fourth-order valence-corrected chi connectivity index (χ4v) is 4.00. The van der Waals surface area contributed by atoms with E-state index in [1.54, 1.807) is 12.1 Å². The van der Waals surface area contributed by atoms with Gasteiger partial charge in [0.1, 0.15) is 21.9 Å². The van der Waals surface area contributed by atoms with E-state index in [4.69, 9.17) is 21.7 Å². The van der Waals surface area contributed by atoms with Crippen molar-refractivity contribution < 1.29 is 33.9 Å². The molecule has 12 heteroatoms. The molecule has 1 aromatic heterocycles. The molecular formula is C18H12N2O8S2. The summed E-state index contributed by atoms with van der Waals surface area (Å²) in [5.74, 6) is -2.91. The Hall–Kier alpha value is -3.51. The second-order valence-electron chi connectivity index (χ2n) is 6.01. The molecule has 0 unspecified atom stereocenters. The van der Waals surface area contributed by atoms with Crippen molar-refractivity contribution in [2.45, 2.75) is 12.5 Å². The Morgan fingerprint density at radius 3 is 2.47 bits per heavy atom. The highest BCUT2D eigenvalue weighted by Gasteiger charge is 2.41. The number of thiocarbonyl (C=S) groups is 1. The molecule has 0 saturated carbocycles. The Labute approximate surface area is 177 Å². The zero-order valence-electron chi connectivity index (χ0n) is 14.9. The molecule has 1 aliphatic rings. The first-order chi connectivity index (χ1) is 14.2. The lowest BCUT2D eigenvalue weighted by molar-refractivity contribution is -0.384. The normalized spacial score (nSPS) is 16.1. The first-order valence-corrected chi connectivity index (χ1v) is 9.46. The van der Waals surface area contributed by atoms with Crippen molar-refractivity contribution >= 4 is 57.9 Å². The fourth-order valence-electron chi connectivity index (χ4n) is 2.67. The van der Waals surface area contributed by atoms with Gasteiger partial charge in [0.25, 0.3) is 11.6 Å². The Balaban J connectivity index is 1.83. The van der Waals surface area contributed by atoms with Crippen LogP contribution in [0.4, 0.5) is 5.69 Å². The molecular weight excluding hydrogens is 436 g/mol. The van der Waals surface area contributed by atoms with E-state index < -0.39 is 35.2 Å². The maximum atomic E-state index is 12.6. The average Bonchev–Trinajstić information content (AvgIpc) is 3.25. The largest absolute Gasteiger partial charge is 0.481 e. The Kier molecular flexibility index (Phi) is 5.99. The van der Waals surface area contributed by atoms with Crippen molar-refractivity contribution in [2.75, 3.05) is 0 Å². The molecule has 1 amide bonds. The minimum atomic E-state index is -1.62. The van der Waals surface area contributed by atoms with Gasteiger partial charge < -0.3 is 14.6 Å². The number of amides is 1. The highest BCUT2D eigenvalue weighted by atomic mass is 32.2. The number of nitro benzene ring substituents is 1. The molecule has 2 N–H and O–H groups in total. The van der Waals surface area contributed by atoms with E-state index in [9.17, 15) is 29.6 Å². The molecule has 10 nitrogen and oxygen atoms in total. The number of aliphatic carboxylic acids is 2. The highest BCUT2D eigenvalue weighted by Crippen LogP contribution is 2.35. The maximum Gasteiger partial charge on any atom is 0.327 e. The maximum absolute atomic E-state index is 12.6. The van der Waals surface area contributed by atoms with Gasteiger partial charge in [0, 0.05) is 23.8 Å². The summed E-state index contributed by atoms with van der Waals surface area (Å²) in [6, 6.07) is 7.25. The summed E-state index contributed by atoms with van der Waals surface area (Å²) >= 11 is 5.90. The summed E-state index contributed by atoms with van der Waals surface area (Å²) in [5.41, 5.74) is 0.517. The molecule has 1 atom stereocenters. The number of carboxylic acids is 2. The van der Waals surface area contributed by atoms with E-state index in [-0.39, 0.29) is 20.7 Å². The van der Waals surface area contributed by atoms with Gasteiger partial charge >= 0.3 is 11.9 Å². The number of nitro groups is 1. The van der Waals surface area contributed by atoms with E-state index in [1.807, 2.05) is 0 Å². The number of carbonyl (C=O) groups is 3. The first kappa shape index (κ1) is 21.2. The smallest absolute Gasteiger partial charge is 0.327 e. The van der Waals surface area contributed by atoms with Crippen LogP contribution in [0, 0.1) is 10.1 Å². The highest BCUT2D eigenvalue weighted by molar-refractivity contribution is 8.26. The summed E-state index contributed by atoms with van der Waals surface area (Å²) in [6.07, 6.45) is 0.577. The van der Waals surface area contributed by atoms with Crippen LogP contribution in [0.25, 0.3) is 17.4 Å². The zero-order valence-corrected chi connectivity index (χ0v) is 16.5. The van der Waals surface area contributed by atoms with Crippen molar-refractivity contribution in [3.05, 3.63) is 57.2 Å². The number of non-ortho nitro benzene ring substituents is 1. The third-order valence-corrected chi connectivity index (χ3v) is 5.38. The summed E-state index contributed by atoms with van der Waals surface area (Å²) in [6.45, 7) is 0. The summed E-state index contributed by atoms with van der Waals surface area (Å²) < 4.78 is 5.57. The molecule has 0 radical (unpaired) electrons. The predicted octanol–water partition coefficient (Wildman–Crippen LogP) is 2.98. The van der Waals surface area contributed by atoms with Crippen LogP contribution in [0.1, 0.15) is 12.2 Å². The van der Waals surface area contributed by atoms with Crippen molar-refractivity contribution in [3.8, 4) is 11.3 Å². The van der Waals surface area contributed by atoms with Crippen LogP contribution in [0.3, 0.4) is 0 Å². The molecule has 154 valence electrons. The van der Waals surface area contributed by atoms with Gasteiger partial charge in [-0.05, 0) is 24.3 Å². The van der Waals surface area contributed by atoms with E-state index in [0.717, 1.165) is 16.7 Å². The summed E-state index contributed by atoms with van der Waals surface area (Å²) in [5, 5.41) is 28.9. The first-order valence-electron chi connectivity index (χ1n) is 8.23. The molecule has 2 heterocycles. The van der Waals surface area contributed by atoms with Crippen molar-refractivity contribution in [1.82, 2.24) is 4.90 Å².